The molecule has 0 saturated heterocycles. The van der Waals surface area contributed by atoms with Crippen LogP contribution in [0.25, 0.3) is 0 Å². The van der Waals surface area contributed by atoms with Crippen LogP contribution in [0.5, 0.6) is 0 Å². The van der Waals surface area contributed by atoms with Gasteiger partial charge in [0.15, 0.2) is 0 Å². The average molecular weight is 294 g/mol. The molecule has 82 valence electrons. The molecule has 0 radical (unpaired) electrons. The van der Waals surface area contributed by atoms with E-state index in [-0.39, 0.29) is 16.1 Å². The van der Waals surface area contributed by atoms with E-state index >= 15 is 0 Å². The molecule has 3 N–H and O–H groups in total. The number of carbonyl (C=O) groups is 1. The molecule has 0 aliphatic rings. The molecule has 0 saturated carbocycles. The third-order valence-corrected chi connectivity index (χ3v) is 3.89. The van der Waals surface area contributed by atoms with Crippen LogP contribution in [0.1, 0.15) is 0 Å². The molecule has 0 aromatic heterocycles. The number of amides is 1. The van der Waals surface area contributed by atoms with E-state index in [1.54, 1.807) is 0 Å². The molecule has 0 fully saturated rings. The van der Waals surface area contributed by atoms with Gasteiger partial charge in [-0.1, -0.05) is 0 Å². The fraction of sp³-hybridized carbons (Fsp3) is 0.125. The van der Waals surface area contributed by atoms with Gasteiger partial charge in [0.2, 0.25) is 0 Å². The van der Waals surface area contributed by atoms with Crippen LogP contribution in [-0.4, -0.2) is 34.2 Å². The van der Waals surface area contributed by atoms with E-state index in [0.717, 1.165) is 0 Å². The predicted molar refractivity (Wildman–Crippen MR) is 56.3 cm³/mol. The first kappa shape index (κ1) is 12.3. The number of nitrogens with one attached hydrogen (secondary N) is 1. The van der Waals surface area contributed by atoms with Crippen molar-refractivity contribution in [3.8, 4) is 0 Å². The van der Waals surface area contributed by atoms with Crippen LogP contribution in [0, 0.1) is 0 Å². The normalized spacial score (nSPS) is 11.1. The molecule has 7 heteroatoms. The van der Waals surface area contributed by atoms with Crippen LogP contribution in [0.15, 0.2) is 24.3 Å². The number of benzene rings is 1. The first-order valence-corrected chi connectivity index (χ1v) is 7.87. The van der Waals surface area contributed by atoms with Crippen molar-refractivity contribution in [2.75, 3.05) is 11.2 Å². The van der Waals surface area contributed by atoms with Crippen LogP contribution >= 0.6 is 11.6 Å². The average Bonchev–Trinajstić information content (AvgIpc) is 2.17. The molecule has 15 heavy (non-hydrogen) atoms. The van der Waals surface area contributed by atoms with Crippen LogP contribution in [0.4, 0.5) is 5.69 Å². The van der Waals surface area contributed by atoms with Crippen LogP contribution < -0.4 is 9.67 Å². The quantitative estimate of drug-likeness (QED) is 0.514. The summed E-state index contributed by atoms with van der Waals surface area (Å²) in [4.78, 5) is 10.9. The van der Waals surface area contributed by atoms with Crippen molar-refractivity contribution in [3.63, 3.8) is 0 Å². The standard InChI is InChI=1S/C8H9AsClNO4/c10-5-8(12)11-7-3-1-6(2-4-7)9(13,14)15/h1-4H,5H2,(H,11,12)(H2,13,14,15). The van der Waals surface area contributed by atoms with Gasteiger partial charge in [0.05, 0.1) is 0 Å². The Balaban J connectivity index is 2.82. The molecule has 1 aromatic rings. The Kier molecular flexibility index (Phi) is 3.99. The fourth-order valence-electron chi connectivity index (χ4n) is 0.933. The zero-order valence-electron chi connectivity index (χ0n) is 7.55. The Morgan fingerprint density at radius 3 is 2.27 bits per heavy atom. The monoisotopic (exact) mass is 293 g/mol. The Bertz CT molecular complexity index is 400. The Hall–Kier alpha value is -0.742. The molecule has 0 spiro atoms. The first-order valence-electron chi connectivity index (χ1n) is 3.95. The van der Waals surface area contributed by atoms with Crippen LogP contribution in [-0.2, 0) is 8.53 Å². The van der Waals surface area contributed by atoms with Crippen molar-refractivity contribution in [2.45, 2.75) is 0 Å². The number of carbonyl (C=O) groups excluding carboxylic acids is 1. The number of alkyl halides is 1. The van der Waals surface area contributed by atoms with Gasteiger partial charge in [-0.3, -0.25) is 0 Å². The summed E-state index contributed by atoms with van der Waals surface area (Å²) >= 11 is 0.452. The summed E-state index contributed by atoms with van der Waals surface area (Å²) < 4.78 is 28.6. The van der Waals surface area contributed by atoms with Crippen molar-refractivity contribution in [1.82, 2.24) is 0 Å². The molecule has 0 atom stereocenters. The van der Waals surface area contributed by atoms with E-state index in [1.807, 2.05) is 0 Å². The van der Waals surface area contributed by atoms with Gasteiger partial charge < -0.3 is 0 Å². The molecule has 0 bridgehead atoms. The van der Waals surface area contributed by atoms with Gasteiger partial charge in [0.25, 0.3) is 0 Å². The molecular formula is C8H9AsClNO4. The number of anilines is 1. The van der Waals surface area contributed by atoms with E-state index in [9.17, 15) is 8.53 Å². The van der Waals surface area contributed by atoms with E-state index in [4.69, 9.17) is 19.8 Å². The second kappa shape index (κ2) is 4.85. The molecule has 1 amide bonds. The summed E-state index contributed by atoms with van der Waals surface area (Å²) in [5.74, 6) is -0.532. The Labute approximate surface area is 94.1 Å². The fourth-order valence-corrected chi connectivity index (χ4v) is 2.13. The maximum atomic E-state index is 10.9. The Morgan fingerprint density at radius 1 is 1.33 bits per heavy atom. The zero-order chi connectivity index (χ0) is 11.5. The van der Waals surface area contributed by atoms with Crippen molar-refractivity contribution in [2.24, 2.45) is 0 Å². The molecule has 0 aliphatic heterocycles. The van der Waals surface area contributed by atoms with Gasteiger partial charge in [-0.2, -0.15) is 0 Å². The third-order valence-electron chi connectivity index (χ3n) is 1.61. The minimum atomic E-state index is -4.82. The first-order chi connectivity index (χ1) is 6.93. The molecule has 0 unspecified atom stereocenters. The van der Waals surface area contributed by atoms with Gasteiger partial charge in [-0.15, -0.1) is 0 Å². The van der Waals surface area contributed by atoms with Crippen molar-refractivity contribution in [3.05, 3.63) is 24.3 Å². The zero-order valence-corrected chi connectivity index (χ0v) is 10.2. The maximum absolute atomic E-state index is 10.9. The molecule has 1 rings (SSSR count). The number of rotatable bonds is 3. The summed E-state index contributed by atoms with van der Waals surface area (Å²) in [6.07, 6.45) is 0. The van der Waals surface area contributed by atoms with Crippen molar-refractivity contribution < 1.29 is 16.7 Å². The molecule has 1 aromatic carbocycles. The van der Waals surface area contributed by atoms with Gasteiger partial charge in [0, 0.05) is 0 Å². The van der Waals surface area contributed by atoms with Crippen molar-refractivity contribution >= 4 is 41.7 Å². The van der Waals surface area contributed by atoms with E-state index < -0.39 is 14.2 Å². The summed E-state index contributed by atoms with van der Waals surface area (Å²) in [6.45, 7) is 0. The molecule has 0 heterocycles. The number of hydrogen-bond acceptors (Lipinski definition) is 2. The van der Waals surface area contributed by atoms with Crippen LogP contribution in [0.3, 0.4) is 0 Å². The summed E-state index contributed by atoms with van der Waals surface area (Å²) in [5.41, 5.74) is 0.452. The third kappa shape index (κ3) is 3.72. The second-order valence-corrected chi connectivity index (χ2v) is 6.41. The second-order valence-electron chi connectivity index (χ2n) is 2.77. The molecule has 5 nitrogen and oxygen atoms in total. The molecule has 0 aliphatic carbocycles. The number of hydrogen-bond donors (Lipinski definition) is 3. The van der Waals surface area contributed by atoms with Gasteiger partial charge in [-0.25, -0.2) is 0 Å². The van der Waals surface area contributed by atoms with E-state index in [2.05, 4.69) is 5.32 Å². The topological polar surface area (TPSA) is 86.6 Å². The summed E-state index contributed by atoms with van der Waals surface area (Å²) in [7, 11) is 0. The van der Waals surface area contributed by atoms with Crippen LogP contribution in [0.2, 0.25) is 0 Å². The summed E-state index contributed by atoms with van der Waals surface area (Å²) in [5, 5.41) is 2.45. The van der Waals surface area contributed by atoms with E-state index in [0.29, 0.717) is 5.69 Å². The minimum absolute atomic E-state index is 0.0306. The predicted octanol–water partition coefficient (Wildman–Crippen LogP) is -0.575. The SMILES string of the molecule is O=C(CCl)Nc1ccc([As](=O)(O)O)cc1. The van der Waals surface area contributed by atoms with Crippen molar-refractivity contribution in [1.29, 1.82) is 0 Å². The Morgan fingerprint density at radius 2 is 1.87 bits per heavy atom. The van der Waals surface area contributed by atoms with Gasteiger partial charge in [0.1, 0.15) is 0 Å². The number of halogens is 1. The van der Waals surface area contributed by atoms with E-state index in [1.165, 1.54) is 24.3 Å². The van der Waals surface area contributed by atoms with Gasteiger partial charge in [-0.05, 0) is 0 Å². The van der Waals surface area contributed by atoms with Gasteiger partial charge >= 0.3 is 93.9 Å². The summed E-state index contributed by atoms with van der Waals surface area (Å²) in [6, 6.07) is 5.40. The molecular weight excluding hydrogens is 284 g/mol.